The molecule has 5 nitrogen and oxygen atoms in total. The molecule has 1 aliphatic heterocycles. The number of carbonyl (C=O) groups is 2. The van der Waals surface area contributed by atoms with E-state index in [1.165, 1.54) is 42.0 Å². The summed E-state index contributed by atoms with van der Waals surface area (Å²) in [6, 6.07) is 11.7. The normalized spacial score (nSPS) is 15.3. The number of alkyl halides is 3. The van der Waals surface area contributed by atoms with E-state index in [1.54, 1.807) is 12.1 Å². The number of hydrogen-bond donors (Lipinski definition) is 1. The topological polar surface area (TPSA) is 58.6 Å². The van der Waals surface area contributed by atoms with Gasteiger partial charge in [0.15, 0.2) is 0 Å². The molecule has 0 unspecified atom stereocenters. The molecule has 3 rings (SSSR count). The Bertz CT molecular complexity index is 959. The van der Waals surface area contributed by atoms with E-state index in [-0.39, 0.29) is 18.4 Å². The molecule has 0 bridgehead atoms. The summed E-state index contributed by atoms with van der Waals surface area (Å²) in [5.41, 5.74) is 0.314. The molecule has 0 saturated heterocycles. The number of hydrogen-bond acceptors (Lipinski definition) is 4. The zero-order chi connectivity index (χ0) is 21.7. The van der Waals surface area contributed by atoms with Gasteiger partial charge in [0.25, 0.3) is 5.91 Å². The van der Waals surface area contributed by atoms with Crippen molar-refractivity contribution in [2.45, 2.75) is 11.1 Å². The average Bonchev–Trinajstić information content (AvgIpc) is 2.71. The Morgan fingerprint density at radius 3 is 2.53 bits per heavy atom. The number of carbonyl (C=O) groups excluding carboxylic acids is 2. The van der Waals surface area contributed by atoms with Crippen molar-refractivity contribution in [3.8, 4) is 0 Å². The zero-order valence-corrected chi connectivity index (χ0v) is 16.8. The number of nitrogens with one attached hydrogen (secondary N) is 1. The second-order valence-electron chi connectivity index (χ2n) is 6.43. The van der Waals surface area contributed by atoms with Gasteiger partial charge in [0.05, 0.1) is 22.8 Å². The number of nitrogens with zero attached hydrogens (tertiary/aromatic N) is 1. The Balaban J connectivity index is 1.86. The Morgan fingerprint density at radius 2 is 1.87 bits per heavy atom. The molecule has 0 radical (unpaired) electrons. The molecule has 2 aromatic rings. The molecule has 0 aromatic heterocycles. The molecule has 158 valence electrons. The molecule has 1 heterocycles. The number of anilines is 1. The summed E-state index contributed by atoms with van der Waals surface area (Å²) >= 11 is 1.22. The highest BCUT2D eigenvalue weighted by Gasteiger charge is 2.31. The fourth-order valence-electron chi connectivity index (χ4n) is 2.83. The molecule has 1 aliphatic rings. The van der Waals surface area contributed by atoms with Gasteiger partial charge in [-0.05, 0) is 35.9 Å². The first-order chi connectivity index (χ1) is 14.3. The minimum Gasteiger partial charge on any atom is -0.383 e. The van der Waals surface area contributed by atoms with E-state index in [4.69, 9.17) is 4.74 Å². The maximum absolute atomic E-state index is 13.0. The molecule has 0 atom stereocenters. The van der Waals surface area contributed by atoms with Crippen molar-refractivity contribution in [2.24, 2.45) is 0 Å². The summed E-state index contributed by atoms with van der Waals surface area (Å²) < 4.78 is 43.2. The first-order valence-electron chi connectivity index (χ1n) is 9.03. The highest BCUT2D eigenvalue weighted by atomic mass is 32.2. The van der Waals surface area contributed by atoms with Crippen LogP contribution in [-0.2, 0) is 20.5 Å². The second kappa shape index (κ2) is 9.36. The highest BCUT2D eigenvalue weighted by molar-refractivity contribution is 8.04. The summed E-state index contributed by atoms with van der Waals surface area (Å²) in [5, 5.41) is 2.68. The van der Waals surface area contributed by atoms with Gasteiger partial charge in [0.2, 0.25) is 5.91 Å². The number of methoxy groups -OCH3 is 1. The fraction of sp³-hybridized carbons (Fsp3) is 0.238. The Kier molecular flexibility index (Phi) is 6.84. The van der Waals surface area contributed by atoms with Crippen LogP contribution in [0.4, 0.5) is 18.9 Å². The third-order valence-corrected chi connectivity index (χ3v) is 5.38. The fourth-order valence-corrected chi connectivity index (χ4v) is 3.89. The maximum Gasteiger partial charge on any atom is 0.416 e. The number of para-hydroxylation sites is 1. The lowest BCUT2D eigenvalue weighted by atomic mass is 10.1. The lowest BCUT2D eigenvalue weighted by Gasteiger charge is -2.29. The minimum atomic E-state index is -4.42. The first kappa shape index (κ1) is 21.9. The van der Waals surface area contributed by atoms with Gasteiger partial charge in [-0.1, -0.05) is 36.0 Å². The quantitative estimate of drug-likeness (QED) is 0.550. The SMILES string of the molecule is COCCNC(=O)CN1C(=O)/C(=C/c2ccc(C(F)(F)F)cc2)Sc2ccccc21. The average molecular weight is 436 g/mol. The number of ether oxygens (including phenoxy) is 1. The minimum absolute atomic E-state index is 0.176. The Morgan fingerprint density at radius 1 is 1.17 bits per heavy atom. The van der Waals surface area contributed by atoms with Crippen molar-refractivity contribution in [3.05, 3.63) is 64.6 Å². The lowest BCUT2D eigenvalue weighted by molar-refractivity contribution is -0.137. The van der Waals surface area contributed by atoms with E-state index in [9.17, 15) is 22.8 Å². The van der Waals surface area contributed by atoms with Crippen molar-refractivity contribution in [3.63, 3.8) is 0 Å². The van der Waals surface area contributed by atoms with Gasteiger partial charge in [-0.2, -0.15) is 13.2 Å². The standard InChI is InChI=1S/C21H19F3N2O3S/c1-29-11-10-25-19(27)13-26-16-4-2-3-5-17(16)30-18(20(26)28)12-14-6-8-15(9-7-14)21(22,23)24/h2-9,12H,10-11,13H2,1H3,(H,25,27)/b18-12-. The van der Waals surface area contributed by atoms with E-state index >= 15 is 0 Å². The van der Waals surface area contributed by atoms with E-state index < -0.39 is 11.7 Å². The number of benzene rings is 2. The van der Waals surface area contributed by atoms with Gasteiger partial charge >= 0.3 is 6.18 Å². The van der Waals surface area contributed by atoms with Crippen LogP contribution in [0.25, 0.3) is 6.08 Å². The molecule has 0 fully saturated rings. The monoisotopic (exact) mass is 436 g/mol. The Hall–Kier alpha value is -2.78. The van der Waals surface area contributed by atoms with Crippen molar-refractivity contribution in [2.75, 3.05) is 31.7 Å². The van der Waals surface area contributed by atoms with Crippen molar-refractivity contribution in [1.82, 2.24) is 5.32 Å². The van der Waals surface area contributed by atoms with Gasteiger partial charge in [0, 0.05) is 18.6 Å². The van der Waals surface area contributed by atoms with Crippen molar-refractivity contribution in [1.29, 1.82) is 0 Å². The van der Waals surface area contributed by atoms with E-state index in [0.29, 0.717) is 29.3 Å². The summed E-state index contributed by atoms with van der Waals surface area (Å²) in [4.78, 5) is 27.7. The predicted molar refractivity (Wildman–Crippen MR) is 109 cm³/mol. The second-order valence-corrected chi connectivity index (χ2v) is 7.52. The van der Waals surface area contributed by atoms with Crippen LogP contribution in [0, 0.1) is 0 Å². The van der Waals surface area contributed by atoms with E-state index in [2.05, 4.69) is 5.32 Å². The number of rotatable bonds is 6. The van der Waals surface area contributed by atoms with E-state index in [1.807, 2.05) is 12.1 Å². The highest BCUT2D eigenvalue weighted by Crippen LogP contribution is 2.42. The molecule has 0 saturated carbocycles. The largest absolute Gasteiger partial charge is 0.416 e. The van der Waals surface area contributed by atoms with Gasteiger partial charge in [-0.25, -0.2) is 0 Å². The molecular formula is C21H19F3N2O3S. The van der Waals surface area contributed by atoms with Crippen LogP contribution in [-0.4, -0.2) is 38.6 Å². The van der Waals surface area contributed by atoms with Gasteiger partial charge in [0.1, 0.15) is 6.54 Å². The molecule has 0 spiro atoms. The number of thioether (sulfide) groups is 1. The molecule has 0 aliphatic carbocycles. The van der Waals surface area contributed by atoms with Crippen LogP contribution in [0.2, 0.25) is 0 Å². The van der Waals surface area contributed by atoms with Crippen LogP contribution < -0.4 is 10.2 Å². The van der Waals surface area contributed by atoms with Gasteiger partial charge in [-0.15, -0.1) is 0 Å². The van der Waals surface area contributed by atoms with Crippen LogP contribution in [0.1, 0.15) is 11.1 Å². The van der Waals surface area contributed by atoms with Crippen LogP contribution in [0.3, 0.4) is 0 Å². The smallest absolute Gasteiger partial charge is 0.383 e. The number of fused-ring (bicyclic) bond motifs is 1. The molecule has 2 aromatic carbocycles. The van der Waals surface area contributed by atoms with Gasteiger partial charge < -0.3 is 10.1 Å². The molecule has 30 heavy (non-hydrogen) atoms. The molecule has 1 N–H and O–H groups in total. The summed E-state index contributed by atoms with van der Waals surface area (Å²) in [6.45, 7) is 0.498. The summed E-state index contributed by atoms with van der Waals surface area (Å²) in [5.74, 6) is -0.725. The van der Waals surface area contributed by atoms with E-state index in [0.717, 1.165) is 17.0 Å². The third-order valence-electron chi connectivity index (χ3n) is 4.30. The number of halogens is 3. The zero-order valence-electron chi connectivity index (χ0n) is 16.0. The third kappa shape index (κ3) is 5.22. The Labute approximate surface area is 175 Å². The van der Waals surface area contributed by atoms with Crippen molar-refractivity contribution >= 4 is 35.3 Å². The molecular weight excluding hydrogens is 417 g/mol. The maximum atomic E-state index is 13.0. The van der Waals surface area contributed by atoms with Crippen molar-refractivity contribution < 1.29 is 27.5 Å². The lowest BCUT2D eigenvalue weighted by Crippen LogP contribution is -2.43. The summed E-state index contributed by atoms with van der Waals surface area (Å²) in [7, 11) is 1.52. The van der Waals surface area contributed by atoms with Crippen LogP contribution in [0.5, 0.6) is 0 Å². The summed E-state index contributed by atoms with van der Waals surface area (Å²) in [6.07, 6.45) is -2.90. The predicted octanol–water partition coefficient (Wildman–Crippen LogP) is 3.95. The van der Waals surface area contributed by atoms with Crippen LogP contribution in [0.15, 0.2) is 58.3 Å². The van der Waals surface area contributed by atoms with Gasteiger partial charge in [-0.3, -0.25) is 14.5 Å². The first-order valence-corrected chi connectivity index (χ1v) is 9.84. The number of amides is 2. The molecule has 9 heteroatoms. The van der Waals surface area contributed by atoms with Crippen LogP contribution >= 0.6 is 11.8 Å². The molecule has 2 amide bonds.